The normalized spacial score (nSPS) is 10.2. The van der Waals surface area contributed by atoms with Crippen molar-refractivity contribution in [3.05, 3.63) is 45.6 Å². The molecule has 0 atom stereocenters. The number of pyridine rings is 1. The lowest BCUT2D eigenvalue weighted by Crippen LogP contribution is -2.25. The van der Waals surface area contributed by atoms with Crippen LogP contribution in [0.4, 0.5) is 0 Å². The SMILES string of the molecule is O=C(NCCc1nccs1)c1ccncc1Cl. The van der Waals surface area contributed by atoms with E-state index in [1.807, 2.05) is 5.38 Å². The van der Waals surface area contributed by atoms with E-state index in [0.717, 1.165) is 11.4 Å². The molecule has 0 aliphatic heterocycles. The fourth-order valence-corrected chi connectivity index (χ4v) is 2.14. The van der Waals surface area contributed by atoms with Gasteiger partial charge in [0, 0.05) is 36.9 Å². The van der Waals surface area contributed by atoms with E-state index in [4.69, 9.17) is 11.6 Å². The van der Waals surface area contributed by atoms with Crippen LogP contribution < -0.4 is 5.32 Å². The quantitative estimate of drug-likeness (QED) is 0.924. The van der Waals surface area contributed by atoms with Crippen molar-refractivity contribution >= 4 is 28.8 Å². The molecule has 0 spiro atoms. The van der Waals surface area contributed by atoms with Crippen molar-refractivity contribution in [1.82, 2.24) is 15.3 Å². The van der Waals surface area contributed by atoms with Crippen LogP contribution in [0, 0.1) is 0 Å². The van der Waals surface area contributed by atoms with Gasteiger partial charge in [0.15, 0.2) is 0 Å². The first-order valence-corrected chi connectivity index (χ1v) is 6.29. The second-order valence-electron chi connectivity index (χ2n) is 3.29. The minimum absolute atomic E-state index is 0.186. The van der Waals surface area contributed by atoms with E-state index in [9.17, 15) is 4.79 Å². The van der Waals surface area contributed by atoms with Crippen LogP contribution >= 0.6 is 22.9 Å². The lowest BCUT2D eigenvalue weighted by molar-refractivity contribution is 0.0954. The van der Waals surface area contributed by atoms with Gasteiger partial charge in [-0.3, -0.25) is 9.78 Å². The summed E-state index contributed by atoms with van der Waals surface area (Å²) in [6.07, 6.45) is 5.48. The largest absolute Gasteiger partial charge is 0.352 e. The molecule has 2 aromatic rings. The molecule has 2 aromatic heterocycles. The summed E-state index contributed by atoms with van der Waals surface area (Å²) in [5, 5.41) is 6.07. The number of rotatable bonds is 4. The average molecular weight is 268 g/mol. The van der Waals surface area contributed by atoms with Gasteiger partial charge in [0.05, 0.1) is 15.6 Å². The lowest BCUT2D eigenvalue weighted by atomic mass is 10.2. The summed E-state index contributed by atoms with van der Waals surface area (Å²) >= 11 is 7.44. The van der Waals surface area contributed by atoms with Gasteiger partial charge < -0.3 is 5.32 Å². The van der Waals surface area contributed by atoms with Crippen molar-refractivity contribution in [3.63, 3.8) is 0 Å². The number of hydrogen-bond donors (Lipinski definition) is 1. The molecule has 0 saturated heterocycles. The molecular formula is C11H10ClN3OS. The zero-order valence-electron chi connectivity index (χ0n) is 8.89. The number of hydrogen-bond acceptors (Lipinski definition) is 4. The summed E-state index contributed by atoms with van der Waals surface area (Å²) in [5.74, 6) is -0.186. The molecular weight excluding hydrogens is 258 g/mol. The first kappa shape index (κ1) is 12.0. The molecule has 0 saturated carbocycles. The molecule has 17 heavy (non-hydrogen) atoms. The highest BCUT2D eigenvalue weighted by Gasteiger charge is 2.09. The standard InChI is InChI=1S/C11H10ClN3OS/c12-9-7-13-3-1-8(9)11(16)15-4-2-10-14-5-6-17-10/h1,3,5-7H,2,4H2,(H,15,16). The van der Waals surface area contributed by atoms with Crippen molar-refractivity contribution in [2.45, 2.75) is 6.42 Å². The molecule has 0 fully saturated rings. The Kier molecular flexibility index (Phi) is 4.06. The molecule has 6 heteroatoms. The summed E-state index contributed by atoms with van der Waals surface area (Å²) in [6.45, 7) is 0.547. The van der Waals surface area contributed by atoms with E-state index in [2.05, 4.69) is 15.3 Å². The minimum Gasteiger partial charge on any atom is -0.352 e. The maximum atomic E-state index is 11.8. The Bertz CT molecular complexity index is 501. The van der Waals surface area contributed by atoms with Gasteiger partial charge in [-0.15, -0.1) is 11.3 Å². The number of amides is 1. The van der Waals surface area contributed by atoms with Gasteiger partial charge >= 0.3 is 0 Å². The molecule has 1 amide bonds. The molecule has 0 radical (unpaired) electrons. The second-order valence-corrected chi connectivity index (χ2v) is 4.67. The molecule has 1 N–H and O–H groups in total. The predicted octanol–water partition coefficient (Wildman–Crippen LogP) is 2.16. The molecule has 2 rings (SSSR count). The summed E-state index contributed by atoms with van der Waals surface area (Å²) in [4.78, 5) is 19.7. The maximum absolute atomic E-state index is 11.8. The fourth-order valence-electron chi connectivity index (χ4n) is 1.31. The van der Waals surface area contributed by atoms with Gasteiger partial charge in [-0.25, -0.2) is 4.98 Å². The number of thiazole rings is 1. The summed E-state index contributed by atoms with van der Waals surface area (Å²) in [7, 11) is 0. The number of nitrogens with zero attached hydrogens (tertiary/aromatic N) is 2. The zero-order valence-corrected chi connectivity index (χ0v) is 10.5. The highest BCUT2D eigenvalue weighted by molar-refractivity contribution is 7.09. The van der Waals surface area contributed by atoms with Crippen molar-refractivity contribution in [3.8, 4) is 0 Å². The third kappa shape index (κ3) is 3.25. The smallest absolute Gasteiger partial charge is 0.252 e. The van der Waals surface area contributed by atoms with E-state index in [0.29, 0.717) is 17.1 Å². The van der Waals surface area contributed by atoms with Crippen molar-refractivity contribution in [2.75, 3.05) is 6.54 Å². The first-order chi connectivity index (χ1) is 8.27. The molecule has 0 unspecified atom stereocenters. The summed E-state index contributed by atoms with van der Waals surface area (Å²) in [5.41, 5.74) is 0.445. The Morgan fingerprint density at radius 3 is 3.06 bits per heavy atom. The summed E-state index contributed by atoms with van der Waals surface area (Å²) in [6, 6.07) is 1.60. The maximum Gasteiger partial charge on any atom is 0.252 e. The number of halogens is 1. The number of carbonyl (C=O) groups excluding carboxylic acids is 1. The third-order valence-electron chi connectivity index (χ3n) is 2.12. The van der Waals surface area contributed by atoms with E-state index >= 15 is 0 Å². The number of carbonyl (C=O) groups is 1. The molecule has 0 bridgehead atoms. The molecule has 88 valence electrons. The Morgan fingerprint density at radius 1 is 1.47 bits per heavy atom. The Hall–Kier alpha value is -1.46. The van der Waals surface area contributed by atoms with Gasteiger partial charge in [0.1, 0.15) is 0 Å². The third-order valence-corrected chi connectivity index (χ3v) is 3.27. The van der Waals surface area contributed by atoms with E-state index in [1.165, 1.54) is 6.20 Å². The predicted molar refractivity (Wildman–Crippen MR) is 67.4 cm³/mol. The topological polar surface area (TPSA) is 54.9 Å². The van der Waals surface area contributed by atoms with Gasteiger partial charge in [-0.1, -0.05) is 11.6 Å². The van der Waals surface area contributed by atoms with E-state index < -0.39 is 0 Å². The zero-order chi connectivity index (χ0) is 12.1. The average Bonchev–Trinajstić information content (AvgIpc) is 2.82. The first-order valence-electron chi connectivity index (χ1n) is 5.03. The van der Waals surface area contributed by atoms with Crippen LogP contribution in [0.2, 0.25) is 5.02 Å². The monoisotopic (exact) mass is 267 g/mol. The van der Waals surface area contributed by atoms with Crippen LogP contribution in [-0.2, 0) is 6.42 Å². The van der Waals surface area contributed by atoms with Crippen molar-refractivity contribution in [2.24, 2.45) is 0 Å². The summed E-state index contributed by atoms with van der Waals surface area (Å²) < 4.78 is 0. The molecule has 4 nitrogen and oxygen atoms in total. The Labute approximate surface area is 108 Å². The molecule has 2 heterocycles. The molecule has 0 aliphatic rings. The van der Waals surface area contributed by atoms with Gasteiger partial charge in [-0.2, -0.15) is 0 Å². The van der Waals surface area contributed by atoms with Crippen LogP contribution in [0.25, 0.3) is 0 Å². The van der Waals surface area contributed by atoms with Crippen LogP contribution in [0.5, 0.6) is 0 Å². The van der Waals surface area contributed by atoms with Gasteiger partial charge in [-0.05, 0) is 6.07 Å². The lowest BCUT2D eigenvalue weighted by Gasteiger charge is -2.04. The van der Waals surface area contributed by atoms with Crippen LogP contribution in [0.1, 0.15) is 15.4 Å². The van der Waals surface area contributed by atoms with E-state index in [-0.39, 0.29) is 5.91 Å². The van der Waals surface area contributed by atoms with E-state index in [1.54, 1.807) is 29.8 Å². The van der Waals surface area contributed by atoms with Gasteiger partial charge in [0.2, 0.25) is 0 Å². The van der Waals surface area contributed by atoms with Crippen LogP contribution in [0.15, 0.2) is 30.0 Å². The van der Waals surface area contributed by atoms with Crippen LogP contribution in [-0.4, -0.2) is 22.4 Å². The second kappa shape index (κ2) is 5.75. The van der Waals surface area contributed by atoms with Crippen molar-refractivity contribution < 1.29 is 4.79 Å². The highest BCUT2D eigenvalue weighted by Crippen LogP contribution is 2.12. The van der Waals surface area contributed by atoms with Gasteiger partial charge in [0.25, 0.3) is 5.91 Å². The van der Waals surface area contributed by atoms with Crippen molar-refractivity contribution in [1.29, 1.82) is 0 Å². The number of nitrogens with one attached hydrogen (secondary N) is 1. The fraction of sp³-hybridized carbons (Fsp3) is 0.182. The highest BCUT2D eigenvalue weighted by atomic mass is 35.5. The Morgan fingerprint density at radius 2 is 2.35 bits per heavy atom. The molecule has 0 aliphatic carbocycles. The number of aromatic nitrogens is 2. The van der Waals surface area contributed by atoms with Crippen LogP contribution in [0.3, 0.4) is 0 Å². The Balaban J connectivity index is 1.88. The minimum atomic E-state index is -0.186. The molecule has 0 aromatic carbocycles.